The summed E-state index contributed by atoms with van der Waals surface area (Å²) in [6.07, 6.45) is 5.42. The van der Waals surface area contributed by atoms with E-state index in [1.807, 2.05) is 42.6 Å². The molecular formula is C25H19N5O2. The summed E-state index contributed by atoms with van der Waals surface area (Å²) in [6, 6.07) is 18.0. The number of para-hydroxylation sites is 1. The lowest BCUT2D eigenvalue weighted by Crippen LogP contribution is -2.14. The second-order valence-corrected chi connectivity index (χ2v) is 7.77. The van der Waals surface area contributed by atoms with Gasteiger partial charge in [-0.1, -0.05) is 12.1 Å². The van der Waals surface area contributed by atoms with Gasteiger partial charge in [0.1, 0.15) is 5.82 Å². The molecule has 0 radical (unpaired) electrons. The SMILES string of the molecule is N#Cc1ccc(C(=O)Nc2cccc3c(-c4ccnc(NC(=O)C5CC5)c4)c[nH]c23)cc1. The summed E-state index contributed by atoms with van der Waals surface area (Å²) in [5, 5.41) is 15.7. The maximum Gasteiger partial charge on any atom is 0.255 e. The molecule has 7 heteroatoms. The lowest BCUT2D eigenvalue weighted by Gasteiger charge is -2.08. The minimum absolute atomic E-state index is 0.0152. The van der Waals surface area contributed by atoms with Gasteiger partial charge in [0.2, 0.25) is 5.91 Å². The molecule has 2 aromatic heterocycles. The number of nitriles is 1. The molecule has 3 N–H and O–H groups in total. The van der Waals surface area contributed by atoms with E-state index in [1.165, 1.54) is 0 Å². The number of nitrogens with one attached hydrogen (secondary N) is 3. The van der Waals surface area contributed by atoms with Gasteiger partial charge in [-0.15, -0.1) is 0 Å². The number of fused-ring (bicyclic) bond motifs is 1. The van der Waals surface area contributed by atoms with Crippen LogP contribution in [0.5, 0.6) is 0 Å². The third kappa shape index (κ3) is 3.82. The Morgan fingerprint density at radius 1 is 1.06 bits per heavy atom. The van der Waals surface area contributed by atoms with Crippen molar-refractivity contribution in [2.45, 2.75) is 12.8 Å². The highest BCUT2D eigenvalue weighted by molar-refractivity contribution is 6.10. The molecule has 1 aliphatic rings. The summed E-state index contributed by atoms with van der Waals surface area (Å²) >= 11 is 0. The van der Waals surface area contributed by atoms with Gasteiger partial charge in [-0.2, -0.15) is 5.26 Å². The van der Waals surface area contributed by atoms with Crippen LogP contribution in [0.2, 0.25) is 0 Å². The second-order valence-electron chi connectivity index (χ2n) is 7.77. The van der Waals surface area contributed by atoms with Crippen molar-refractivity contribution in [1.82, 2.24) is 9.97 Å². The maximum absolute atomic E-state index is 12.7. The first-order valence-corrected chi connectivity index (χ1v) is 10.3. The van der Waals surface area contributed by atoms with Crippen LogP contribution in [0.15, 0.2) is 67.0 Å². The topological polar surface area (TPSA) is 111 Å². The number of carbonyl (C=O) groups is 2. The van der Waals surface area contributed by atoms with E-state index in [1.54, 1.807) is 30.5 Å². The van der Waals surface area contributed by atoms with E-state index in [9.17, 15) is 9.59 Å². The van der Waals surface area contributed by atoms with E-state index < -0.39 is 0 Å². The van der Waals surface area contributed by atoms with Crippen molar-refractivity contribution in [2.24, 2.45) is 5.92 Å². The zero-order valence-electron chi connectivity index (χ0n) is 17.1. The Hall–Kier alpha value is -4.44. The van der Waals surface area contributed by atoms with E-state index in [0.717, 1.165) is 34.9 Å². The number of H-pyrrole nitrogens is 1. The molecule has 0 unspecified atom stereocenters. The Balaban J connectivity index is 1.42. The van der Waals surface area contributed by atoms with Gasteiger partial charge in [-0.25, -0.2) is 4.98 Å². The molecule has 0 saturated heterocycles. The van der Waals surface area contributed by atoms with Crippen LogP contribution < -0.4 is 10.6 Å². The van der Waals surface area contributed by atoms with Crippen molar-refractivity contribution in [3.05, 3.63) is 78.1 Å². The van der Waals surface area contributed by atoms with Gasteiger partial charge >= 0.3 is 0 Å². The number of nitrogens with zero attached hydrogens (tertiary/aromatic N) is 2. The molecule has 5 rings (SSSR count). The van der Waals surface area contributed by atoms with Gasteiger partial charge in [-0.3, -0.25) is 9.59 Å². The van der Waals surface area contributed by atoms with Crippen molar-refractivity contribution in [3.8, 4) is 17.2 Å². The number of benzene rings is 2. The molecule has 0 aliphatic heterocycles. The first-order valence-electron chi connectivity index (χ1n) is 10.3. The lowest BCUT2D eigenvalue weighted by atomic mass is 10.1. The normalized spacial score (nSPS) is 12.8. The minimum Gasteiger partial charge on any atom is -0.359 e. The highest BCUT2D eigenvalue weighted by Gasteiger charge is 2.29. The average Bonchev–Trinajstić information content (AvgIpc) is 3.58. The van der Waals surface area contributed by atoms with Crippen LogP contribution in [-0.2, 0) is 4.79 Å². The molecule has 1 fully saturated rings. The van der Waals surface area contributed by atoms with E-state index in [2.05, 4.69) is 20.6 Å². The van der Waals surface area contributed by atoms with E-state index in [-0.39, 0.29) is 17.7 Å². The molecule has 2 aromatic carbocycles. The fourth-order valence-corrected chi connectivity index (χ4v) is 3.63. The third-order valence-electron chi connectivity index (χ3n) is 5.51. The van der Waals surface area contributed by atoms with Crippen LogP contribution in [0.4, 0.5) is 11.5 Å². The average molecular weight is 421 g/mol. The van der Waals surface area contributed by atoms with E-state index >= 15 is 0 Å². The Labute approximate surface area is 184 Å². The van der Waals surface area contributed by atoms with E-state index in [0.29, 0.717) is 22.6 Å². The number of carbonyl (C=O) groups excluding carboxylic acids is 2. The zero-order chi connectivity index (χ0) is 22.1. The first kappa shape index (κ1) is 19.5. The van der Waals surface area contributed by atoms with Gasteiger partial charge in [0.15, 0.2) is 0 Å². The standard InChI is InChI=1S/C25H19N5O2/c26-13-15-4-6-16(7-5-15)24(31)29-21-3-1-2-19-20(14-28-23(19)21)18-10-11-27-22(12-18)30-25(32)17-8-9-17/h1-7,10-12,14,17,28H,8-9H2,(H,29,31)(H,27,30,32). The summed E-state index contributed by atoms with van der Waals surface area (Å²) in [6.45, 7) is 0. The Morgan fingerprint density at radius 3 is 2.62 bits per heavy atom. The van der Waals surface area contributed by atoms with Crippen LogP contribution in [0.3, 0.4) is 0 Å². The van der Waals surface area contributed by atoms with Crippen LogP contribution in [0.25, 0.3) is 22.0 Å². The third-order valence-corrected chi connectivity index (χ3v) is 5.51. The molecule has 4 aromatic rings. The second kappa shape index (κ2) is 8.00. The number of aromatic amines is 1. The number of pyridine rings is 1. The molecule has 2 amide bonds. The number of hydrogen-bond acceptors (Lipinski definition) is 4. The summed E-state index contributed by atoms with van der Waals surface area (Å²) < 4.78 is 0. The van der Waals surface area contributed by atoms with E-state index in [4.69, 9.17) is 5.26 Å². The highest BCUT2D eigenvalue weighted by Crippen LogP contribution is 2.34. The van der Waals surface area contributed by atoms with Crippen molar-refractivity contribution >= 4 is 34.2 Å². The zero-order valence-corrected chi connectivity index (χ0v) is 17.1. The highest BCUT2D eigenvalue weighted by atomic mass is 16.2. The summed E-state index contributed by atoms with van der Waals surface area (Å²) in [7, 11) is 0. The fraction of sp³-hybridized carbons (Fsp3) is 0.120. The molecule has 32 heavy (non-hydrogen) atoms. The maximum atomic E-state index is 12.7. The molecule has 1 aliphatic carbocycles. The van der Waals surface area contributed by atoms with Crippen LogP contribution in [0.1, 0.15) is 28.8 Å². The summed E-state index contributed by atoms with van der Waals surface area (Å²) in [5.41, 5.74) is 4.27. The molecule has 7 nitrogen and oxygen atoms in total. The summed E-state index contributed by atoms with van der Waals surface area (Å²) in [4.78, 5) is 32.3. The van der Waals surface area contributed by atoms with Crippen LogP contribution >= 0.6 is 0 Å². The molecule has 2 heterocycles. The molecule has 0 bridgehead atoms. The predicted octanol–water partition coefficient (Wildman–Crippen LogP) is 4.70. The molecule has 1 saturated carbocycles. The van der Waals surface area contributed by atoms with Gasteiger partial charge in [0.25, 0.3) is 5.91 Å². The number of anilines is 2. The quantitative estimate of drug-likeness (QED) is 0.434. The van der Waals surface area contributed by atoms with Gasteiger partial charge < -0.3 is 15.6 Å². The van der Waals surface area contributed by atoms with Gasteiger partial charge in [0, 0.05) is 34.8 Å². The van der Waals surface area contributed by atoms with Crippen LogP contribution in [-0.4, -0.2) is 21.8 Å². The number of amides is 2. The summed E-state index contributed by atoms with van der Waals surface area (Å²) in [5.74, 6) is 0.392. The molecule has 156 valence electrons. The van der Waals surface area contributed by atoms with Crippen LogP contribution in [0, 0.1) is 17.2 Å². The Morgan fingerprint density at radius 2 is 1.88 bits per heavy atom. The van der Waals surface area contributed by atoms with Gasteiger partial charge in [-0.05, 0) is 60.9 Å². The molecule has 0 atom stereocenters. The Bertz CT molecular complexity index is 1380. The number of hydrogen-bond donors (Lipinski definition) is 3. The predicted molar refractivity (Wildman–Crippen MR) is 122 cm³/mol. The first-order chi connectivity index (χ1) is 15.6. The minimum atomic E-state index is -0.257. The fourth-order valence-electron chi connectivity index (χ4n) is 3.63. The monoisotopic (exact) mass is 421 g/mol. The van der Waals surface area contributed by atoms with Crippen molar-refractivity contribution < 1.29 is 9.59 Å². The number of rotatable bonds is 5. The van der Waals surface area contributed by atoms with Crippen molar-refractivity contribution in [1.29, 1.82) is 5.26 Å². The lowest BCUT2D eigenvalue weighted by molar-refractivity contribution is -0.117. The van der Waals surface area contributed by atoms with Crippen molar-refractivity contribution in [3.63, 3.8) is 0 Å². The number of aromatic nitrogens is 2. The Kier molecular flexibility index (Phi) is 4.88. The molecular weight excluding hydrogens is 402 g/mol. The smallest absolute Gasteiger partial charge is 0.255 e. The van der Waals surface area contributed by atoms with Crippen molar-refractivity contribution in [2.75, 3.05) is 10.6 Å². The largest absolute Gasteiger partial charge is 0.359 e. The molecule has 0 spiro atoms. The van der Waals surface area contributed by atoms with Gasteiger partial charge in [0.05, 0.1) is 22.8 Å².